The Balaban J connectivity index is 1.69. The first-order valence-electron chi connectivity index (χ1n) is 11.4. The molecule has 3 aromatic carbocycles. The predicted molar refractivity (Wildman–Crippen MR) is 133 cm³/mol. The topological polar surface area (TPSA) is 77.0 Å². The molecule has 0 radical (unpaired) electrons. The van der Waals surface area contributed by atoms with E-state index in [0.717, 1.165) is 11.1 Å². The van der Waals surface area contributed by atoms with E-state index in [4.69, 9.17) is 9.72 Å². The van der Waals surface area contributed by atoms with Crippen molar-refractivity contribution in [1.29, 1.82) is 0 Å². The van der Waals surface area contributed by atoms with Crippen molar-refractivity contribution in [2.75, 3.05) is 11.9 Å². The molecule has 1 aromatic heterocycles. The monoisotopic (exact) mass is 452 g/mol. The molecule has 0 atom stereocenters. The van der Waals surface area contributed by atoms with Crippen molar-refractivity contribution in [2.24, 2.45) is 0 Å². The second-order valence-electron chi connectivity index (χ2n) is 8.21. The lowest BCUT2D eigenvalue weighted by Gasteiger charge is -2.12. The number of nitrogens with zero attached hydrogens (tertiary/aromatic N) is 3. The van der Waals surface area contributed by atoms with Crippen LogP contribution in [0.2, 0.25) is 0 Å². The van der Waals surface area contributed by atoms with Gasteiger partial charge >= 0.3 is 5.97 Å². The first-order valence-corrected chi connectivity index (χ1v) is 11.4. The summed E-state index contributed by atoms with van der Waals surface area (Å²) in [5.74, 6) is 1.34. The van der Waals surface area contributed by atoms with Crippen molar-refractivity contribution in [1.82, 2.24) is 15.0 Å². The maximum absolute atomic E-state index is 12.4. The van der Waals surface area contributed by atoms with Gasteiger partial charge < -0.3 is 10.1 Å². The van der Waals surface area contributed by atoms with Crippen molar-refractivity contribution >= 4 is 17.6 Å². The third kappa shape index (κ3) is 6.04. The summed E-state index contributed by atoms with van der Waals surface area (Å²) in [6.45, 7) is 6.23. The Morgan fingerprint density at radius 3 is 1.94 bits per heavy atom. The highest BCUT2D eigenvalue weighted by Gasteiger charge is 2.15. The number of anilines is 2. The number of para-hydroxylation sites is 1. The molecule has 4 aromatic rings. The van der Waals surface area contributed by atoms with Gasteiger partial charge in [0.1, 0.15) is 11.6 Å². The molecule has 34 heavy (non-hydrogen) atoms. The first-order chi connectivity index (χ1) is 16.5. The Morgan fingerprint density at radius 2 is 1.38 bits per heavy atom. The van der Waals surface area contributed by atoms with Gasteiger partial charge in [0.25, 0.3) is 0 Å². The molecule has 0 aliphatic rings. The zero-order chi connectivity index (χ0) is 23.9. The van der Waals surface area contributed by atoms with Gasteiger partial charge in [0.2, 0.25) is 5.95 Å². The molecule has 0 bridgehead atoms. The van der Waals surface area contributed by atoms with Crippen LogP contribution in [0.5, 0.6) is 0 Å². The molecule has 0 saturated heterocycles. The van der Waals surface area contributed by atoms with Crippen LogP contribution in [-0.2, 0) is 17.6 Å². The molecule has 0 spiro atoms. The van der Waals surface area contributed by atoms with E-state index in [1.165, 1.54) is 11.1 Å². The van der Waals surface area contributed by atoms with Crippen LogP contribution >= 0.6 is 0 Å². The minimum Gasteiger partial charge on any atom is -0.462 e. The number of esters is 1. The predicted octanol–water partition coefficient (Wildman–Crippen LogP) is 5.59. The normalized spacial score (nSPS) is 10.7. The third-order valence-electron chi connectivity index (χ3n) is 5.29. The summed E-state index contributed by atoms with van der Waals surface area (Å²) >= 11 is 0. The smallest absolute Gasteiger partial charge is 0.340 e. The number of aromatic nitrogens is 3. The second kappa shape index (κ2) is 10.7. The number of nitrogens with one attached hydrogen (secondary N) is 1. The fourth-order valence-corrected chi connectivity index (χ4v) is 3.79. The van der Waals surface area contributed by atoms with Crippen molar-refractivity contribution in [3.8, 4) is 0 Å². The van der Waals surface area contributed by atoms with Gasteiger partial charge in [0.15, 0.2) is 0 Å². The zero-order valence-corrected chi connectivity index (χ0v) is 19.7. The van der Waals surface area contributed by atoms with Crippen LogP contribution in [0.1, 0.15) is 51.2 Å². The number of aryl methyl sites for hydroxylation is 2. The van der Waals surface area contributed by atoms with Gasteiger partial charge in [-0.05, 0) is 44.0 Å². The number of hydrogen-bond donors (Lipinski definition) is 1. The molecule has 6 heteroatoms. The Labute approximate surface area is 200 Å². The van der Waals surface area contributed by atoms with E-state index in [1.54, 1.807) is 19.1 Å². The lowest BCUT2D eigenvalue weighted by molar-refractivity contribution is 0.0527. The fourth-order valence-electron chi connectivity index (χ4n) is 3.79. The van der Waals surface area contributed by atoms with Crippen LogP contribution < -0.4 is 5.32 Å². The molecular weight excluding hydrogens is 424 g/mol. The van der Waals surface area contributed by atoms with E-state index in [9.17, 15) is 4.79 Å². The van der Waals surface area contributed by atoms with E-state index < -0.39 is 0 Å². The summed E-state index contributed by atoms with van der Waals surface area (Å²) in [5, 5.41) is 3.22. The van der Waals surface area contributed by atoms with Crippen LogP contribution in [0, 0.1) is 13.8 Å². The lowest BCUT2D eigenvalue weighted by Crippen LogP contribution is -2.12. The number of carbonyl (C=O) groups is 1. The van der Waals surface area contributed by atoms with Crippen LogP contribution in [0.25, 0.3) is 0 Å². The molecule has 0 unspecified atom stereocenters. The quantitative estimate of drug-likeness (QED) is 0.351. The third-order valence-corrected chi connectivity index (χ3v) is 5.29. The fraction of sp³-hybridized carbons (Fsp3) is 0.214. The van der Waals surface area contributed by atoms with Crippen LogP contribution in [0.3, 0.4) is 0 Å². The average molecular weight is 453 g/mol. The summed E-state index contributed by atoms with van der Waals surface area (Å²) in [7, 11) is 0. The molecule has 1 N–H and O–H groups in total. The maximum atomic E-state index is 12.4. The molecule has 0 saturated carbocycles. The molecule has 172 valence electrons. The van der Waals surface area contributed by atoms with Crippen molar-refractivity contribution in [3.63, 3.8) is 0 Å². The van der Waals surface area contributed by atoms with Crippen molar-refractivity contribution < 1.29 is 9.53 Å². The molecule has 0 aliphatic carbocycles. The van der Waals surface area contributed by atoms with Crippen molar-refractivity contribution in [3.05, 3.63) is 112 Å². The number of carbonyl (C=O) groups excluding carboxylic acids is 1. The minimum absolute atomic E-state index is 0.306. The highest BCUT2D eigenvalue weighted by Crippen LogP contribution is 2.21. The van der Waals surface area contributed by atoms with E-state index >= 15 is 0 Å². The molecule has 4 rings (SSSR count). The van der Waals surface area contributed by atoms with E-state index in [2.05, 4.69) is 65.5 Å². The van der Waals surface area contributed by atoms with Gasteiger partial charge in [-0.25, -0.2) is 9.78 Å². The molecule has 1 heterocycles. The summed E-state index contributed by atoms with van der Waals surface area (Å²) < 4.78 is 5.20. The Bertz CT molecular complexity index is 1240. The average Bonchev–Trinajstić information content (AvgIpc) is 2.79. The van der Waals surface area contributed by atoms with E-state index in [0.29, 0.717) is 48.3 Å². The molecule has 0 aliphatic heterocycles. The summed E-state index contributed by atoms with van der Waals surface area (Å²) in [4.78, 5) is 26.5. The van der Waals surface area contributed by atoms with Crippen LogP contribution in [0.15, 0.2) is 72.8 Å². The molecule has 0 amide bonds. The van der Waals surface area contributed by atoms with E-state index in [-0.39, 0.29) is 5.97 Å². The van der Waals surface area contributed by atoms with Gasteiger partial charge in [-0.3, -0.25) is 0 Å². The Morgan fingerprint density at radius 1 is 0.794 bits per heavy atom. The largest absolute Gasteiger partial charge is 0.462 e. The van der Waals surface area contributed by atoms with Gasteiger partial charge in [0, 0.05) is 12.8 Å². The minimum atomic E-state index is -0.389. The standard InChI is InChI=1S/C28H28N4O2/c1-4-34-27(33)23-13-5-6-14-24(23)29-28-31-25(17-21-11-7-9-19(2)15-21)30-26(32-28)18-22-12-8-10-20(3)16-22/h5-16H,4,17-18H2,1-3H3,(H,29,30,31,32). The van der Waals surface area contributed by atoms with E-state index in [1.807, 2.05) is 24.3 Å². The summed E-state index contributed by atoms with van der Waals surface area (Å²) in [6.07, 6.45) is 1.17. The summed E-state index contributed by atoms with van der Waals surface area (Å²) in [5.41, 5.74) is 5.66. The highest BCUT2D eigenvalue weighted by molar-refractivity contribution is 5.96. The lowest BCUT2D eigenvalue weighted by atomic mass is 10.1. The maximum Gasteiger partial charge on any atom is 0.340 e. The molecular formula is C28H28N4O2. The highest BCUT2D eigenvalue weighted by atomic mass is 16.5. The number of hydrogen-bond acceptors (Lipinski definition) is 6. The Hall–Kier alpha value is -4.06. The Kier molecular flexibility index (Phi) is 7.28. The number of benzene rings is 3. The van der Waals surface area contributed by atoms with Crippen LogP contribution in [-0.4, -0.2) is 27.5 Å². The molecule has 6 nitrogen and oxygen atoms in total. The molecule has 0 fully saturated rings. The second-order valence-corrected chi connectivity index (χ2v) is 8.21. The van der Waals surface area contributed by atoms with Gasteiger partial charge in [-0.15, -0.1) is 0 Å². The van der Waals surface area contributed by atoms with Gasteiger partial charge in [0.05, 0.1) is 17.9 Å². The van der Waals surface area contributed by atoms with Crippen molar-refractivity contribution in [2.45, 2.75) is 33.6 Å². The first kappa shape index (κ1) is 23.1. The van der Waals surface area contributed by atoms with Gasteiger partial charge in [-0.1, -0.05) is 71.8 Å². The zero-order valence-electron chi connectivity index (χ0n) is 19.7. The number of rotatable bonds is 8. The van der Waals surface area contributed by atoms with Gasteiger partial charge in [-0.2, -0.15) is 9.97 Å². The summed E-state index contributed by atoms with van der Waals surface area (Å²) in [6, 6.07) is 23.8. The van der Waals surface area contributed by atoms with Crippen LogP contribution in [0.4, 0.5) is 11.6 Å². The SMILES string of the molecule is CCOC(=O)c1ccccc1Nc1nc(Cc2cccc(C)c2)nc(Cc2cccc(C)c2)n1. The number of ether oxygens (including phenoxy) is 1.